The Morgan fingerprint density at radius 1 is 1.35 bits per heavy atom. The molecule has 0 bridgehead atoms. The van der Waals surface area contributed by atoms with Gasteiger partial charge in [-0.05, 0) is 43.9 Å². The predicted molar refractivity (Wildman–Crippen MR) is 86.4 cm³/mol. The Morgan fingerprint density at radius 3 is 2.74 bits per heavy atom. The van der Waals surface area contributed by atoms with Crippen LogP contribution in [0.5, 0.6) is 0 Å². The number of H-pyrrole nitrogens is 1. The lowest BCUT2D eigenvalue weighted by atomic mass is 9.75. The molecular formula is C17H26N4O2. The van der Waals surface area contributed by atoms with Gasteiger partial charge < -0.3 is 10.0 Å². The number of aromatic nitrogens is 3. The molecule has 1 aliphatic heterocycles. The van der Waals surface area contributed by atoms with Gasteiger partial charge in [0, 0.05) is 12.6 Å². The molecule has 2 heterocycles. The Kier molecular flexibility index (Phi) is 4.27. The Hall–Kier alpha value is -1.69. The van der Waals surface area contributed by atoms with E-state index in [1.807, 2.05) is 0 Å². The van der Waals surface area contributed by atoms with E-state index in [1.165, 1.54) is 11.8 Å². The summed E-state index contributed by atoms with van der Waals surface area (Å²) in [4.78, 5) is 14.3. The van der Waals surface area contributed by atoms with Crippen LogP contribution < -0.4 is 0 Å². The van der Waals surface area contributed by atoms with Crippen molar-refractivity contribution in [3.8, 4) is 0 Å². The number of carbonyl (C=O) groups is 1. The molecule has 1 atom stereocenters. The fraction of sp³-hybridized carbons (Fsp3) is 0.706. The second-order valence-electron chi connectivity index (χ2n) is 7.72. The van der Waals surface area contributed by atoms with Crippen LogP contribution in [0.25, 0.3) is 0 Å². The third kappa shape index (κ3) is 3.63. The van der Waals surface area contributed by atoms with Crippen molar-refractivity contribution in [1.29, 1.82) is 0 Å². The van der Waals surface area contributed by atoms with Crippen LogP contribution in [0, 0.1) is 5.41 Å². The van der Waals surface area contributed by atoms with Gasteiger partial charge in [0.1, 0.15) is 11.3 Å². The summed E-state index contributed by atoms with van der Waals surface area (Å²) in [5, 5.41) is 21.1. The molecule has 1 unspecified atom stereocenters. The maximum Gasteiger partial charge on any atom is 0.246 e. The molecule has 2 aliphatic rings. The van der Waals surface area contributed by atoms with Crippen LogP contribution in [-0.4, -0.2) is 44.4 Å². The molecule has 2 N–H and O–H groups in total. The molecule has 1 aromatic rings. The third-order valence-electron chi connectivity index (χ3n) is 5.25. The first-order chi connectivity index (χ1) is 10.9. The van der Waals surface area contributed by atoms with Gasteiger partial charge in [0.05, 0.1) is 12.7 Å². The maximum absolute atomic E-state index is 12.6. The van der Waals surface area contributed by atoms with Crippen molar-refractivity contribution in [2.24, 2.45) is 5.41 Å². The highest BCUT2D eigenvalue weighted by molar-refractivity contribution is 5.88. The summed E-state index contributed by atoms with van der Waals surface area (Å²) in [7, 11) is 0. The number of amides is 1. The highest BCUT2D eigenvalue weighted by atomic mass is 16.3. The second kappa shape index (κ2) is 6.07. The van der Waals surface area contributed by atoms with Gasteiger partial charge in [0.2, 0.25) is 5.91 Å². The van der Waals surface area contributed by atoms with Crippen molar-refractivity contribution in [3.63, 3.8) is 0 Å². The average molecular weight is 318 g/mol. The van der Waals surface area contributed by atoms with Gasteiger partial charge in [-0.1, -0.05) is 19.4 Å². The molecule has 1 aromatic heterocycles. The zero-order valence-electron chi connectivity index (χ0n) is 14.0. The molecule has 1 aliphatic carbocycles. The number of hydrogen-bond donors (Lipinski definition) is 2. The van der Waals surface area contributed by atoms with E-state index in [0.29, 0.717) is 24.1 Å². The molecule has 6 heteroatoms. The lowest BCUT2D eigenvalue weighted by molar-refractivity contribution is -0.134. The van der Waals surface area contributed by atoms with Crippen LogP contribution in [0.2, 0.25) is 0 Å². The van der Waals surface area contributed by atoms with Crippen molar-refractivity contribution in [1.82, 2.24) is 20.3 Å². The number of carbonyl (C=O) groups excluding carboxylic acids is 1. The Bertz CT molecular complexity index is 582. The van der Waals surface area contributed by atoms with Gasteiger partial charge in [-0.2, -0.15) is 15.4 Å². The lowest BCUT2D eigenvalue weighted by Gasteiger charge is -2.38. The van der Waals surface area contributed by atoms with Crippen molar-refractivity contribution in [2.45, 2.75) is 58.0 Å². The van der Waals surface area contributed by atoms with Gasteiger partial charge in [0.25, 0.3) is 0 Å². The number of hydrogen-bond acceptors (Lipinski definition) is 4. The van der Waals surface area contributed by atoms with E-state index >= 15 is 0 Å². The number of β-amino-alcohol motifs (C(OH)–C–C–N with tert-alkyl or cyclic N) is 1. The number of allylic oxidation sites excluding steroid dienone is 1. The molecule has 3 rings (SSSR count). The number of piperidine rings is 1. The van der Waals surface area contributed by atoms with Crippen LogP contribution in [0.1, 0.15) is 58.1 Å². The molecule has 6 nitrogen and oxygen atoms in total. The molecule has 1 amide bonds. The normalized spacial score (nSPS) is 27.8. The van der Waals surface area contributed by atoms with Gasteiger partial charge in [0.15, 0.2) is 0 Å². The maximum atomic E-state index is 12.6. The lowest BCUT2D eigenvalue weighted by Crippen LogP contribution is -2.48. The summed E-state index contributed by atoms with van der Waals surface area (Å²) in [5.41, 5.74) is 1.05. The molecular weight excluding hydrogens is 292 g/mol. The van der Waals surface area contributed by atoms with Crippen LogP contribution in [0.3, 0.4) is 0 Å². The topological polar surface area (TPSA) is 82.1 Å². The van der Waals surface area contributed by atoms with Crippen LogP contribution in [0.4, 0.5) is 0 Å². The highest BCUT2D eigenvalue weighted by Crippen LogP contribution is 2.38. The molecule has 1 saturated heterocycles. The molecule has 126 valence electrons. The summed E-state index contributed by atoms with van der Waals surface area (Å²) in [6.45, 7) is 5.55. The molecule has 2 fully saturated rings. The fourth-order valence-corrected chi connectivity index (χ4v) is 3.52. The van der Waals surface area contributed by atoms with Crippen LogP contribution >= 0.6 is 0 Å². The number of likely N-dealkylation sites (tertiary alicyclic amines) is 1. The monoisotopic (exact) mass is 318 g/mol. The first kappa shape index (κ1) is 16.2. The van der Waals surface area contributed by atoms with Gasteiger partial charge >= 0.3 is 0 Å². The van der Waals surface area contributed by atoms with E-state index in [9.17, 15) is 9.90 Å². The number of aromatic amines is 1. The SMILES string of the molecule is CC1(C)CCC(=CC(=O)N2CCCC(O)(c3cn[nH]n3)C2)CC1. The highest BCUT2D eigenvalue weighted by Gasteiger charge is 2.38. The fourth-order valence-electron chi connectivity index (χ4n) is 3.52. The summed E-state index contributed by atoms with van der Waals surface area (Å²) in [6, 6.07) is 0. The first-order valence-corrected chi connectivity index (χ1v) is 8.45. The van der Waals surface area contributed by atoms with Crippen LogP contribution in [0.15, 0.2) is 17.8 Å². The van der Waals surface area contributed by atoms with E-state index in [0.717, 1.165) is 32.1 Å². The molecule has 23 heavy (non-hydrogen) atoms. The molecule has 0 radical (unpaired) electrons. The summed E-state index contributed by atoms with van der Waals surface area (Å²) in [5.74, 6) is 0.0151. The van der Waals surface area contributed by atoms with Crippen molar-refractivity contribution < 1.29 is 9.90 Å². The minimum atomic E-state index is -1.09. The smallest absolute Gasteiger partial charge is 0.246 e. The van der Waals surface area contributed by atoms with Crippen LogP contribution in [-0.2, 0) is 10.4 Å². The number of rotatable bonds is 2. The van der Waals surface area contributed by atoms with Crippen molar-refractivity contribution >= 4 is 5.91 Å². The standard InChI is InChI=1S/C17H26N4O2/c1-16(2)7-4-13(5-8-16)10-15(22)21-9-3-6-17(23,12-21)14-11-18-20-19-14/h10-11,23H,3-9,12H2,1-2H3,(H,18,19,20). The minimum Gasteiger partial charge on any atom is -0.382 e. The number of nitrogens with one attached hydrogen (secondary N) is 1. The predicted octanol–water partition coefficient (Wildman–Crippen LogP) is 2.14. The zero-order valence-corrected chi connectivity index (χ0v) is 14.0. The minimum absolute atomic E-state index is 0.0151. The van der Waals surface area contributed by atoms with E-state index in [1.54, 1.807) is 11.0 Å². The molecule has 0 spiro atoms. The Labute approximate surface area is 137 Å². The van der Waals surface area contributed by atoms with Gasteiger partial charge in [-0.3, -0.25) is 4.79 Å². The summed E-state index contributed by atoms with van der Waals surface area (Å²) < 4.78 is 0. The third-order valence-corrected chi connectivity index (χ3v) is 5.25. The van der Waals surface area contributed by atoms with Gasteiger partial charge in [-0.25, -0.2) is 0 Å². The Balaban J connectivity index is 1.66. The second-order valence-corrected chi connectivity index (χ2v) is 7.72. The molecule has 1 saturated carbocycles. The van der Waals surface area contributed by atoms with E-state index < -0.39 is 5.60 Å². The zero-order chi connectivity index (χ0) is 16.5. The van der Waals surface area contributed by atoms with E-state index in [4.69, 9.17) is 0 Å². The van der Waals surface area contributed by atoms with Crippen molar-refractivity contribution in [3.05, 3.63) is 23.5 Å². The first-order valence-electron chi connectivity index (χ1n) is 8.45. The van der Waals surface area contributed by atoms with E-state index in [-0.39, 0.29) is 12.5 Å². The number of nitrogens with zero attached hydrogens (tertiary/aromatic N) is 3. The largest absolute Gasteiger partial charge is 0.382 e. The average Bonchev–Trinajstić information content (AvgIpc) is 3.05. The molecule has 0 aromatic carbocycles. The number of aliphatic hydroxyl groups is 1. The summed E-state index contributed by atoms with van der Waals surface area (Å²) >= 11 is 0. The summed E-state index contributed by atoms with van der Waals surface area (Å²) in [6.07, 6.45) is 8.98. The van der Waals surface area contributed by atoms with Crippen molar-refractivity contribution in [2.75, 3.05) is 13.1 Å². The quantitative estimate of drug-likeness (QED) is 0.819. The van der Waals surface area contributed by atoms with Gasteiger partial charge in [-0.15, -0.1) is 0 Å². The Morgan fingerprint density at radius 2 is 2.09 bits per heavy atom. The van der Waals surface area contributed by atoms with E-state index in [2.05, 4.69) is 29.3 Å².